The standard InChI is InChI=1S/C17H21NO2/c1-11-4-6-13(7-5-11)18-15(20)17-9-8-12(10-17)16(2,3)14(17)19/h4-7,12H,8-10H2,1-3H3,(H,18,20). The fourth-order valence-corrected chi connectivity index (χ4v) is 3.87. The summed E-state index contributed by atoms with van der Waals surface area (Å²) in [6, 6.07) is 7.71. The van der Waals surface area contributed by atoms with E-state index >= 15 is 0 Å². The van der Waals surface area contributed by atoms with Crippen molar-refractivity contribution in [1.29, 1.82) is 0 Å². The predicted molar refractivity (Wildman–Crippen MR) is 78.4 cm³/mol. The minimum absolute atomic E-state index is 0.112. The second-order valence-electron chi connectivity index (χ2n) is 6.89. The van der Waals surface area contributed by atoms with Gasteiger partial charge in [-0.05, 0) is 44.2 Å². The molecule has 3 rings (SSSR count). The quantitative estimate of drug-likeness (QED) is 0.839. The van der Waals surface area contributed by atoms with Crippen LogP contribution in [-0.2, 0) is 9.59 Å². The molecule has 2 bridgehead atoms. The highest BCUT2D eigenvalue weighted by atomic mass is 16.2. The van der Waals surface area contributed by atoms with Crippen molar-refractivity contribution in [2.45, 2.75) is 40.0 Å². The highest BCUT2D eigenvalue weighted by Crippen LogP contribution is 2.60. The minimum atomic E-state index is -0.779. The summed E-state index contributed by atoms with van der Waals surface area (Å²) in [5.41, 5.74) is 0.804. The summed E-state index contributed by atoms with van der Waals surface area (Å²) >= 11 is 0. The largest absolute Gasteiger partial charge is 0.325 e. The zero-order chi connectivity index (χ0) is 14.5. The lowest BCUT2D eigenvalue weighted by Gasteiger charge is -2.32. The number of amides is 1. The molecule has 0 heterocycles. The summed E-state index contributed by atoms with van der Waals surface area (Å²) in [5.74, 6) is 0.379. The van der Waals surface area contributed by atoms with E-state index in [1.54, 1.807) is 0 Å². The van der Waals surface area contributed by atoms with E-state index in [-0.39, 0.29) is 17.1 Å². The van der Waals surface area contributed by atoms with E-state index in [2.05, 4.69) is 5.32 Å². The average molecular weight is 271 g/mol. The molecule has 0 aliphatic heterocycles. The first-order chi connectivity index (χ1) is 9.36. The van der Waals surface area contributed by atoms with Crippen molar-refractivity contribution in [3.8, 4) is 0 Å². The summed E-state index contributed by atoms with van der Waals surface area (Å²) in [5, 5.41) is 2.94. The molecule has 2 atom stereocenters. The summed E-state index contributed by atoms with van der Waals surface area (Å²) in [4.78, 5) is 25.3. The maximum atomic E-state index is 12.6. The Morgan fingerprint density at radius 1 is 1.25 bits per heavy atom. The van der Waals surface area contributed by atoms with Gasteiger partial charge in [0.1, 0.15) is 5.41 Å². The monoisotopic (exact) mass is 271 g/mol. The van der Waals surface area contributed by atoms with Crippen LogP contribution < -0.4 is 5.32 Å². The maximum absolute atomic E-state index is 12.6. The first-order valence-electron chi connectivity index (χ1n) is 7.29. The van der Waals surface area contributed by atoms with Gasteiger partial charge in [-0.1, -0.05) is 31.5 Å². The molecular formula is C17H21NO2. The highest BCUT2D eigenvalue weighted by molar-refractivity contribution is 6.15. The molecule has 1 aromatic carbocycles. The molecule has 1 amide bonds. The van der Waals surface area contributed by atoms with Crippen LogP contribution in [0.1, 0.15) is 38.7 Å². The number of anilines is 1. The Balaban J connectivity index is 1.84. The molecule has 0 saturated heterocycles. The second kappa shape index (κ2) is 4.18. The Labute approximate surface area is 119 Å². The first kappa shape index (κ1) is 13.3. The second-order valence-corrected chi connectivity index (χ2v) is 6.89. The maximum Gasteiger partial charge on any atom is 0.238 e. The molecule has 0 spiro atoms. The van der Waals surface area contributed by atoms with Crippen molar-refractivity contribution < 1.29 is 9.59 Å². The van der Waals surface area contributed by atoms with Crippen molar-refractivity contribution in [1.82, 2.24) is 0 Å². The summed E-state index contributed by atoms with van der Waals surface area (Å²) in [6.45, 7) is 5.98. The molecule has 0 radical (unpaired) electrons. The van der Waals surface area contributed by atoms with Crippen LogP contribution in [0.5, 0.6) is 0 Å². The van der Waals surface area contributed by atoms with Crippen molar-refractivity contribution in [3.05, 3.63) is 29.8 Å². The highest BCUT2D eigenvalue weighted by Gasteiger charge is 2.64. The van der Waals surface area contributed by atoms with E-state index in [4.69, 9.17) is 0 Å². The Morgan fingerprint density at radius 3 is 2.45 bits per heavy atom. The topological polar surface area (TPSA) is 46.2 Å². The molecule has 2 aliphatic rings. The molecule has 2 aliphatic carbocycles. The fraction of sp³-hybridized carbons (Fsp3) is 0.529. The predicted octanol–water partition coefficient (Wildman–Crippen LogP) is 3.33. The van der Waals surface area contributed by atoms with Crippen LogP contribution in [0.2, 0.25) is 0 Å². The van der Waals surface area contributed by atoms with Crippen LogP contribution >= 0.6 is 0 Å². The van der Waals surface area contributed by atoms with Crippen LogP contribution in [-0.4, -0.2) is 11.7 Å². The average Bonchev–Trinajstić information content (AvgIpc) is 2.93. The van der Waals surface area contributed by atoms with Gasteiger partial charge in [-0.2, -0.15) is 0 Å². The molecule has 1 aromatic rings. The third-order valence-electron chi connectivity index (χ3n) is 5.30. The number of fused-ring (bicyclic) bond motifs is 2. The smallest absolute Gasteiger partial charge is 0.238 e. The Kier molecular flexibility index (Phi) is 2.79. The van der Waals surface area contributed by atoms with Gasteiger partial charge in [0, 0.05) is 11.1 Å². The Hall–Kier alpha value is -1.64. The summed E-state index contributed by atoms with van der Waals surface area (Å²) in [6.07, 6.45) is 2.41. The van der Waals surface area contributed by atoms with Crippen LogP contribution in [0.4, 0.5) is 5.69 Å². The number of benzene rings is 1. The van der Waals surface area contributed by atoms with Gasteiger partial charge in [0.25, 0.3) is 0 Å². The van der Waals surface area contributed by atoms with E-state index < -0.39 is 5.41 Å². The van der Waals surface area contributed by atoms with Gasteiger partial charge in [0.15, 0.2) is 5.78 Å². The van der Waals surface area contributed by atoms with E-state index in [0.29, 0.717) is 12.3 Å². The Morgan fingerprint density at radius 2 is 1.90 bits per heavy atom. The molecule has 20 heavy (non-hydrogen) atoms. The van der Waals surface area contributed by atoms with E-state index in [0.717, 1.165) is 24.1 Å². The normalized spacial score (nSPS) is 30.6. The SMILES string of the molecule is Cc1ccc(NC(=O)C23CCC(C2)C(C)(C)C3=O)cc1. The van der Waals surface area contributed by atoms with Gasteiger partial charge in [0.05, 0.1) is 0 Å². The molecule has 2 saturated carbocycles. The number of hydrogen-bond acceptors (Lipinski definition) is 2. The van der Waals surface area contributed by atoms with Crippen molar-refractivity contribution in [2.75, 3.05) is 5.32 Å². The summed E-state index contributed by atoms with van der Waals surface area (Å²) in [7, 11) is 0. The van der Waals surface area contributed by atoms with Gasteiger partial charge in [0.2, 0.25) is 5.91 Å². The minimum Gasteiger partial charge on any atom is -0.325 e. The molecule has 2 fully saturated rings. The van der Waals surface area contributed by atoms with Gasteiger partial charge in [-0.25, -0.2) is 0 Å². The van der Waals surface area contributed by atoms with Crippen molar-refractivity contribution in [2.24, 2.45) is 16.7 Å². The van der Waals surface area contributed by atoms with Crippen molar-refractivity contribution in [3.63, 3.8) is 0 Å². The van der Waals surface area contributed by atoms with Gasteiger partial charge in [-0.3, -0.25) is 9.59 Å². The molecule has 2 unspecified atom stereocenters. The van der Waals surface area contributed by atoms with Crippen LogP contribution in [0, 0.1) is 23.7 Å². The van der Waals surface area contributed by atoms with E-state index in [1.165, 1.54) is 0 Å². The van der Waals surface area contributed by atoms with Gasteiger partial charge < -0.3 is 5.32 Å². The lowest BCUT2D eigenvalue weighted by Crippen LogP contribution is -2.44. The number of rotatable bonds is 2. The Bertz CT molecular complexity index is 573. The molecule has 106 valence electrons. The van der Waals surface area contributed by atoms with Crippen molar-refractivity contribution >= 4 is 17.4 Å². The zero-order valence-corrected chi connectivity index (χ0v) is 12.3. The number of hydrogen-bond donors (Lipinski definition) is 1. The molecule has 1 N–H and O–H groups in total. The van der Waals surface area contributed by atoms with Crippen LogP contribution in [0.25, 0.3) is 0 Å². The fourth-order valence-electron chi connectivity index (χ4n) is 3.87. The molecule has 3 heteroatoms. The number of nitrogens with one attached hydrogen (secondary N) is 1. The lowest BCUT2D eigenvalue weighted by molar-refractivity contribution is -0.142. The van der Waals surface area contributed by atoms with E-state index in [1.807, 2.05) is 45.0 Å². The zero-order valence-electron chi connectivity index (χ0n) is 12.3. The number of Topliss-reactive ketones (excluding diaryl/α,β-unsaturated/α-hetero) is 1. The van der Waals surface area contributed by atoms with Crippen LogP contribution in [0.15, 0.2) is 24.3 Å². The third-order valence-corrected chi connectivity index (χ3v) is 5.30. The number of ketones is 1. The van der Waals surface area contributed by atoms with Crippen LogP contribution in [0.3, 0.4) is 0 Å². The number of carbonyl (C=O) groups is 2. The van der Waals surface area contributed by atoms with Gasteiger partial charge in [-0.15, -0.1) is 0 Å². The first-order valence-corrected chi connectivity index (χ1v) is 7.29. The third kappa shape index (κ3) is 1.72. The summed E-state index contributed by atoms with van der Waals surface area (Å²) < 4.78 is 0. The number of carbonyl (C=O) groups excluding carboxylic acids is 2. The van der Waals surface area contributed by atoms with Gasteiger partial charge >= 0.3 is 0 Å². The molecular weight excluding hydrogens is 250 g/mol. The molecule has 3 nitrogen and oxygen atoms in total. The number of aryl methyl sites for hydroxylation is 1. The lowest BCUT2D eigenvalue weighted by atomic mass is 9.70. The van der Waals surface area contributed by atoms with E-state index in [9.17, 15) is 9.59 Å². The molecule has 0 aromatic heterocycles.